The lowest BCUT2D eigenvalue weighted by molar-refractivity contribution is 0.451. The second-order valence-electron chi connectivity index (χ2n) is 17.5. The van der Waals surface area contributed by atoms with Crippen LogP contribution in [0, 0.1) is 0 Å². The topological polar surface area (TPSA) is 12.5 Å². The molecule has 1 aliphatic carbocycles. The second kappa shape index (κ2) is 13.8. The maximum Gasteiger partial charge on any atom is 0.140 e. The van der Waals surface area contributed by atoms with Crippen LogP contribution in [0.25, 0.3) is 76.1 Å². The van der Waals surface area contributed by atoms with E-state index in [4.69, 9.17) is 4.74 Å². The Kier molecular flexibility index (Phi) is 7.64. The number of nitrogens with zero attached hydrogens (tertiary/aromatic N) is 1. The minimum Gasteiger partial charge on any atom is -0.455 e. The Labute approximate surface area is 376 Å². The van der Waals surface area contributed by atoms with Crippen LogP contribution in [-0.4, -0.2) is 0 Å². The first-order chi connectivity index (χ1) is 32.3. The Hall–Kier alpha value is -8.46. The summed E-state index contributed by atoms with van der Waals surface area (Å²) in [7, 11) is 0. The fraction of sp³-hybridized carbons (Fsp3) is 0.0159. The molecule has 2 nitrogen and oxygen atoms in total. The van der Waals surface area contributed by atoms with Crippen LogP contribution in [0.5, 0.6) is 11.5 Å². The number of anilines is 3. The van der Waals surface area contributed by atoms with Crippen LogP contribution in [0.3, 0.4) is 0 Å². The molecule has 2 heteroatoms. The molecule has 14 rings (SSSR count). The second-order valence-corrected chi connectivity index (χ2v) is 17.5. The lowest BCUT2D eigenvalue weighted by Gasteiger charge is -2.42. The van der Waals surface area contributed by atoms with Gasteiger partial charge in [-0.2, -0.15) is 0 Å². The van der Waals surface area contributed by atoms with Gasteiger partial charge in [0, 0.05) is 39.0 Å². The molecule has 0 aromatic heterocycles. The fourth-order valence-corrected chi connectivity index (χ4v) is 11.7. The molecule has 0 fully saturated rings. The molecule has 1 heterocycles. The van der Waals surface area contributed by atoms with E-state index in [9.17, 15) is 0 Å². The van der Waals surface area contributed by atoms with Crippen molar-refractivity contribution in [1.82, 2.24) is 0 Å². The first kappa shape index (κ1) is 36.1. The highest BCUT2D eigenvalue weighted by molar-refractivity contribution is 6.19. The van der Waals surface area contributed by atoms with Gasteiger partial charge in [-0.3, -0.25) is 0 Å². The average Bonchev–Trinajstić information content (AvgIpc) is 3.67. The predicted molar refractivity (Wildman–Crippen MR) is 271 cm³/mol. The average molecular weight is 826 g/mol. The molecule has 0 unspecified atom stereocenters. The van der Waals surface area contributed by atoms with E-state index in [2.05, 4.69) is 241 Å². The first-order valence-electron chi connectivity index (χ1n) is 22.5. The molecule has 0 saturated carbocycles. The standard InChI is InChI=1S/C63H39NO/c1-3-18-43(19-4-1)64(44-20-5-2-6-21-44)45-37-36-40-38-42(35-34-41(40)39-45)46-31-17-33-57-58(46)55-30-15-16-32-56(55)63(57)59-51-26-11-7-22-47(51)49-24-9-13-28-53(49)61(59)65-62-54-29-14-10-25-50(54)48-23-8-12-27-52(48)60(62)63/h1-39H. The highest BCUT2D eigenvalue weighted by Gasteiger charge is 2.54. The molecule has 0 amide bonds. The van der Waals surface area contributed by atoms with Crippen LogP contribution in [0.1, 0.15) is 22.3 Å². The summed E-state index contributed by atoms with van der Waals surface area (Å²) in [6.07, 6.45) is 0. The summed E-state index contributed by atoms with van der Waals surface area (Å²) in [5.74, 6) is 1.86. The van der Waals surface area contributed by atoms with Crippen LogP contribution >= 0.6 is 0 Å². The van der Waals surface area contributed by atoms with Gasteiger partial charge in [0.15, 0.2) is 0 Å². The number of fused-ring (bicyclic) bond motifs is 20. The highest BCUT2D eigenvalue weighted by Crippen LogP contribution is 2.67. The molecule has 0 bridgehead atoms. The van der Waals surface area contributed by atoms with Gasteiger partial charge >= 0.3 is 0 Å². The van der Waals surface area contributed by atoms with Gasteiger partial charge in [0.2, 0.25) is 0 Å². The van der Waals surface area contributed by atoms with Crippen molar-refractivity contribution in [3.63, 3.8) is 0 Å². The molecule has 0 N–H and O–H groups in total. The number of rotatable bonds is 4. The monoisotopic (exact) mass is 825 g/mol. The van der Waals surface area contributed by atoms with Crippen LogP contribution < -0.4 is 9.64 Å². The Morgan fingerprint density at radius 3 is 1.35 bits per heavy atom. The third kappa shape index (κ3) is 4.99. The largest absolute Gasteiger partial charge is 0.455 e. The van der Waals surface area contributed by atoms with Crippen LogP contribution in [0.15, 0.2) is 237 Å². The predicted octanol–water partition coefficient (Wildman–Crippen LogP) is 17.1. The van der Waals surface area contributed by atoms with Gasteiger partial charge in [-0.15, -0.1) is 0 Å². The van der Waals surface area contributed by atoms with E-state index in [0.717, 1.165) is 39.3 Å². The smallest absolute Gasteiger partial charge is 0.140 e. The Bertz CT molecular complexity index is 3760. The van der Waals surface area contributed by atoms with E-state index in [1.165, 1.54) is 87.6 Å². The summed E-state index contributed by atoms with van der Waals surface area (Å²) in [6, 6.07) is 86.9. The van der Waals surface area contributed by atoms with Gasteiger partial charge in [0.05, 0.1) is 5.41 Å². The summed E-state index contributed by atoms with van der Waals surface area (Å²) in [5.41, 5.74) is 12.5. The molecule has 65 heavy (non-hydrogen) atoms. The number of benzene rings is 12. The van der Waals surface area contributed by atoms with Crippen molar-refractivity contribution in [3.8, 4) is 33.8 Å². The molecule has 12 aromatic carbocycles. The zero-order valence-corrected chi connectivity index (χ0v) is 35.4. The van der Waals surface area contributed by atoms with Gasteiger partial charge in [0.25, 0.3) is 0 Å². The number of para-hydroxylation sites is 2. The third-order valence-corrected chi connectivity index (χ3v) is 14.2. The van der Waals surface area contributed by atoms with E-state index in [0.29, 0.717) is 0 Å². The maximum absolute atomic E-state index is 7.58. The SMILES string of the molecule is c1ccc(N(c2ccccc2)c2ccc3cc(-c4cccc5c4-c4ccccc4C54c5c(c6ccccc6c6ccccc56)Oc5c4c4ccccc4c4ccccc54)ccc3c2)cc1. The van der Waals surface area contributed by atoms with Crippen molar-refractivity contribution in [1.29, 1.82) is 0 Å². The van der Waals surface area contributed by atoms with E-state index in [-0.39, 0.29) is 0 Å². The van der Waals surface area contributed by atoms with Gasteiger partial charge in [-0.25, -0.2) is 0 Å². The molecule has 0 atom stereocenters. The van der Waals surface area contributed by atoms with Crippen LogP contribution in [0.4, 0.5) is 17.1 Å². The zero-order valence-electron chi connectivity index (χ0n) is 35.4. The first-order valence-corrected chi connectivity index (χ1v) is 22.5. The molecule has 1 spiro atoms. The third-order valence-electron chi connectivity index (χ3n) is 14.2. The van der Waals surface area contributed by atoms with E-state index in [1.54, 1.807) is 0 Å². The maximum atomic E-state index is 7.58. The molecule has 0 saturated heterocycles. The van der Waals surface area contributed by atoms with Gasteiger partial charge in [-0.05, 0) is 119 Å². The van der Waals surface area contributed by atoms with Crippen molar-refractivity contribution >= 4 is 70.9 Å². The Balaban J connectivity index is 1.06. The molecule has 2 aliphatic rings. The summed E-state index contributed by atoms with van der Waals surface area (Å²) in [5, 5.41) is 11.9. The number of ether oxygens (including phenoxy) is 1. The van der Waals surface area contributed by atoms with Crippen molar-refractivity contribution in [2.75, 3.05) is 4.90 Å². The molecule has 0 radical (unpaired) electrons. The Morgan fingerprint density at radius 1 is 0.308 bits per heavy atom. The van der Waals surface area contributed by atoms with E-state index in [1.807, 2.05) is 0 Å². The van der Waals surface area contributed by atoms with E-state index < -0.39 is 5.41 Å². The molecule has 12 aromatic rings. The van der Waals surface area contributed by atoms with Gasteiger partial charge in [-0.1, -0.05) is 194 Å². The van der Waals surface area contributed by atoms with Crippen molar-refractivity contribution in [2.45, 2.75) is 5.41 Å². The van der Waals surface area contributed by atoms with Gasteiger partial charge in [0.1, 0.15) is 11.5 Å². The van der Waals surface area contributed by atoms with Crippen LogP contribution in [0.2, 0.25) is 0 Å². The highest BCUT2D eigenvalue weighted by atomic mass is 16.5. The normalized spacial score (nSPS) is 13.2. The van der Waals surface area contributed by atoms with Crippen molar-refractivity contribution in [3.05, 3.63) is 259 Å². The summed E-state index contributed by atoms with van der Waals surface area (Å²) in [4.78, 5) is 2.33. The quantitative estimate of drug-likeness (QED) is 0.164. The summed E-state index contributed by atoms with van der Waals surface area (Å²) in [6.45, 7) is 0. The van der Waals surface area contributed by atoms with Gasteiger partial charge < -0.3 is 9.64 Å². The number of hydrogen-bond donors (Lipinski definition) is 0. The van der Waals surface area contributed by atoms with E-state index >= 15 is 0 Å². The Morgan fingerprint density at radius 2 is 0.754 bits per heavy atom. The molecular weight excluding hydrogens is 787 g/mol. The summed E-state index contributed by atoms with van der Waals surface area (Å²) < 4.78 is 7.58. The molecule has 302 valence electrons. The summed E-state index contributed by atoms with van der Waals surface area (Å²) >= 11 is 0. The molecular formula is C63H39NO. The lowest BCUT2D eigenvalue weighted by Crippen LogP contribution is -2.33. The van der Waals surface area contributed by atoms with Crippen molar-refractivity contribution < 1.29 is 4.74 Å². The molecule has 1 aliphatic heterocycles. The number of hydrogen-bond acceptors (Lipinski definition) is 2. The lowest BCUT2D eigenvalue weighted by atomic mass is 9.63. The minimum absolute atomic E-state index is 0.720. The minimum atomic E-state index is -0.720. The van der Waals surface area contributed by atoms with Crippen LogP contribution in [-0.2, 0) is 5.41 Å². The fourth-order valence-electron chi connectivity index (χ4n) is 11.7. The zero-order chi connectivity index (χ0) is 42.6. The van der Waals surface area contributed by atoms with Crippen molar-refractivity contribution in [2.24, 2.45) is 0 Å².